The molecule has 1 saturated heterocycles. The van der Waals surface area contributed by atoms with E-state index in [9.17, 15) is 4.79 Å². The normalized spacial score (nSPS) is 19.0. The molecule has 6 heteroatoms. The number of likely N-dealkylation sites (tertiary alicyclic amines) is 1. The van der Waals surface area contributed by atoms with E-state index in [2.05, 4.69) is 32.3 Å². The summed E-state index contributed by atoms with van der Waals surface area (Å²) in [5.41, 5.74) is 1.70. The Labute approximate surface area is 129 Å². The van der Waals surface area contributed by atoms with Crippen molar-refractivity contribution >= 4 is 11.6 Å². The summed E-state index contributed by atoms with van der Waals surface area (Å²) in [7, 11) is 0. The van der Waals surface area contributed by atoms with E-state index in [1.54, 1.807) is 0 Å². The first kappa shape index (κ1) is 14.7. The minimum absolute atomic E-state index is 0.0207. The molecule has 0 saturated carbocycles. The molecular weight excluding hydrogens is 278 g/mol. The Morgan fingerprint density at radius 2 is 2.36 bits per heavy atom. The predicted octanol–water partition coefficient (Wildman–Crippen LogP) is 2.28. The van der Waals surface area contributed by atoms with Gasteiger partial charge in [-0.05, 0) is 38.1 Å². The first-order chi connectivity index (χ1) is 10.8. The Morgan fingerprint density at radius 3 is 3.14 bits per heavy atom. The molecule has 1 aromatic heterocycles. The molecule has 3 rings (SSSR count). The molecule has 0 spiro atoms. The maximum absolute atomic E-state index is 12.5. The highest BCUT2D eigenvalue weighted by Gasteiger charge is 2.27. The molecule has 2 heterocycles. The molecule has 1 aromatic carbocycles. The number of hydrogen-bond donors (Lipinski definition) is 2. The third-order valence-corrected chi connectivity index (χ3v) is 4.14. The summed E-state index contributed by atoms with van der Waals surface area (Å²) in [6.45, 7) is 4.03. The zero-order valence-corrected chi connectivity index (χ0v) is 12.7. The summed E-state index contributed by atoms with van der Waals surface area (Å²) < 4.78 is 0. The molecule has 6 nitrogen and oxygen atoms in total. The molecule has 1 aliphatic heterocycles. The zero-order valence-electron chi connectivity index (χ0n) is 12.7. The van der Waals surface area contributed by atoms with Crippen LogP contribution >= 0.6 is 0 Å². The first-order valence-electron chi connectivity index (χ1n) is 7.78. The smallest absolute Gasteiger partial charge is 0.241 e. The number of carbonyl (C=O) groups is 1. The predicted molar refractivity (Wildman–Crippen MR) is 85.3 cm³/mol. The van der Waals surface area contributed by atoms with Crippen molar-refractivity contribution in [3.63, 3.8) is 0 Å². The van der Waals surface area contributed by atoms with Gasteiger partial charge in [-0.15, -0.1) is 0 Å². The van der Waals surface area contributed by atoms with E-state index < -0.39 is 0 Å². The van der Waals surface area contributed by atoms with E-state index in [0.29, 0.717) is 5.82 Å². The number of aromatic nitrogens is 3. The van der Waals surface area contributed by atoms with Crippen molar-refractivity contribution in [2.24, 2.45) is 0 Å². The second-order valence-electron chi connectivity index (χ2n) is 5.54. The highest BCUT2D eigenvalue weighted by atomic mass is 16.2. The number of likely N-dealkylation sites (N-methyl/N-ethyl adjacent to an activating group) is 1. The Kier molecular flexibility index (Phi) is 4.48. The van der Waals surface area contributed by atoms with Crippen LogP contribution in [0, 0.1) is 0 Å². The molecular formula is C16H21N5O. The van der Waals surface area contributed by atoms with Crippen molar-refractivity contribution in [1.29, 1.82) is 0 Å². The molecule has 0 aliphatic carbocycles. The Hall–Kier alpha value is -2.21. The molecule has 1 amide bonds. The Balaban J connectivity index is 1.72. The van der Waals surface area contributed by atoms with Crippen molar-refractivity contribution < 1.29 is 4.79 Å². The molecule has 22 heavy (non-hydrogen) atoms. The van der Waals surface area contributed by atoms with E-state index in [-0.39, 0.29) is 11.9 Å². The maximum atomic E-state index is 12.5. The number of rotatable bonds is 4. The lowest BCUT2D eigenvalue weighted by molar-refractivity contribution is -0.122. The van der Waals surface area contributed by atoms with Gasteiger partial charge in [0.2, 0.25) is 5.91 Å². The van der Waals surface area contributed by atoms with Gasteiger partial charge in [0.1, 0.15) is 6.33 Å². The minimum atomic E-state index is -0.0207. The van der Waals surface area contributed by atoms with Gasteiger partial charge in [0.05, 0.1) is 6.04 Å². The maximum Gasteiger partial charge on any atom is 0.241 e. The lowest BCUT2D eigenvalue weighted by Gasteiger charge is -2.33. The molecule has 1 fully saturated rings. The Bertz CT molecular complexity index is 625. The van der Waals surface area contributed by atoms with Gasteiger partial charge in [-0.3, -0.25) is 14.8 Å². The fraction of sp³-hybridized carbons (Fsp3) is 0.438. The molecule has 0 radical (unpaired) electrons. The number of piperidine rings is 1. The van der Waals surface area contributed by atoms with Crippen LogP contribution in [0.4, 0.5) is 5.69 Å². The molecule has 2 aromatic rings. The van der Waals surface area contributed by atoms with Crippen molar-refractivity contribution in [2.45, 2.75) is 32.2 Å². The summed E-state index contributed by atoms with van der Waals surface area (Å²) >= 11 is 0. The topological polar surface area (TPSA) is 73.9 Å². The van der Waals surface area contributed by atoms with E-state index in [1.807, 2.05) is 24.3 Å². The standard InChI is InChI=1S/C16H21N5O/c1-2-21-9-4-3-8-14(21)16(22)19-13-7-5-6-12(10-13)15-17-11-18-20-15/h5-7,10-11,14H,2-4,8-9H2,1H3,(H,19,22)(H,17,18,20)/t14-/m1/s1. The van der Waals surface area contributed by atoms with Crippen molar-refractivity contribution in [3.8, 4) is 11.4 Å². The number of anilines is 1. The van der Waals surface area contributed by atoms with Crippen LogP contribution in [-0.4, -0.2) is 45.1 Å². The number of nitrogens with one attached hydrogen (secondary N) is 2. The lowest BCUT2D eigenvalue weighted by Crippen LogP contribution is -2.46. The molecule has 116 valence electrons. The fourth-order valence-corrected chi connectivity index (χ4v) is 2.98. The average Bonchev–Trinajstić information content (AvgIpc) is 3.09. The van der Waals surface area contributed by atoms with E-state index >= 15 is 0 Å². The number of amides is 1. The monoisotopic (exact) mass is 299 g/mol. The van der Waals surface area contributed by atoms with Crippen LogP contribution in [0.5, 0.6) is 0 Å². The minimum Gasteiger partial charge on any atom is -0.325 e. The van der Waals surface area contributed by atoms with Crippen LogP contribution in [0.1, 0.15) is 26.2 Å². The summed E-state index contributed by atoms with van der Waals surface area (Å²) in [6.07, 6.45) is 4.70. The largest absolute Gasteiger partial charge is 0.325 e. The third kappa shape index (κ3) is 3.17. The van der Waals surface area contributed by atoms with E-state index in [0.717, 1.165) is 37.2 Å². The number of nitrogens with zero attached hydrogens (tertiary/aromatic N) is 3. The van der Waals surface area contributed by atoms with E-state index in [4.69, 9.17) is 0 Å². The zero-order chi connectivity index (χ0) is 15.4. The lowest BCUT2D eigenvalue weighted by atomic mass is 10.0. The van der Waals surface area contributed by atoms with Gasteiger partial charge in [-0.1, -0.05) is 25.5 Å². The molecule has 1 aliphatic rings. The van der Waals surface area contributed by atoms with Gasteiger partial charge in [0, 0.05) is 11.3 Å². The number of carbonyl (C=O) groups excluding carboxylic acids is 1. The first-order valence-corrected chi connectivity index (χ1v) is 7.78. The number of aromatic amines is 1. The van der Waals surface area contributed by atoms with Crippen LogP contribution in [0.3, 0.4) is 0 Å². The van der Waals surface area contributed by atoms with Crippen LogP contribution in [0.25, 0.3) is 11.4 Å². The van der Waals surface area contributed by atoms with E-state index in [1.165, 1.54) is 12.7 Å². The second kappa shape index (κ2) is 6.70. The number of hydrogen-bond acceptors (Lipinski definition) is 4. The Morgan fingerprint density at radius 1 is 1.45 bits per heavy atom. The molecule has 2 N–H and O–H groups in total. The molecule has 0 bridgehead atoms. The average molecular weight is 299 g/mol. The fourth-order valence-electron chi connectivity index (χ4n) is 2.98. The third-order valence-electron chi connectivity index (χ3n) is 4.14. The van der Waals surface area contributed by atoms with Gasteiger partial charge in [0.25, 0.3) is 0 Å². The SMILES string of the molecule is CCN1CCCC[C@@H]1C(=O)Nc1cccc(-c2ncn[nH]2)c1. The summed E-state index contributed by atoms with van der Waals surface area (Å²) in [4.78, 5) is 18.9. The van der Waals surface area contributed by atoms with Crippen LogP contribution < -0.4 is 5.32 Å². The quantitative estimate of drug-likeness (QED) is 0.908. The summed E-state index contributed by atoms with van der Waals surface area (Å²) in [5.74, 6) is 0.778. The van der Waals surface area contributed by atoms with Gasteiger partial charge in [0.15, 0.2) is 5.82 Å². The van der Waals surface area contributed by atoms with Crippen molar-refractivity contribution in [3.05, 3.63) is 30.6 Å². The van der Waals surface area contributed by atoms with Crippen LogP contribution in [-0.2, 0) is 4.79 Å². The van der Waals surface area contributed by atoms with Gasteiger partial charge < -0.3 is 5.32 Å². The van der Waals surface area contributed by atoms with Crippen molar-refractivity contribution in [2.75, 3.05) is 18.4 Å². The van der Waals surface area contributed by atoms with Crippen LogP contribution in [0.2, 0.25) is 0 Å². The van der Waals surface area contributed by atoms with Crippen molar-refractivity contribution in [1.82, 2.24) is 20.1 Å². The van der Waals surface area contributed by atoms with Gasteiger partial charge in [-0.2, -0.15) is 5.10 Å². The summed E-state index contributed by atoms with van der Waals surface area (Å²) in [6, 6.07) is 7.64. The van der Waals surface area contributed by atoms with Crippen LogP contribution in [0.15, 0.2) is 30.6 Å². The highest BCUT2D eigenvalue weighted by Crippen LogP contribution is 2.21. The molecule has 0 unspecified atom stereocenters. The number of H-pyrrole nitrogens is 1. The number of benzene rings is 1. The summed E-state index contributed by atoms with van der Waals surface area (Å²) in [5, 5.41) is 9.72. The second-order valence-corrected chi connectivity index (χ2v) is 5.54. The van der Waals surface area contributed by atoms with Gasteiger partial charge >= 0.3 is 0 Å². The van der Waals surface area contributed by atoms with Gasteiger partial charge in [-0.25, -0.2) is 4.98 Å². The molecule has 1 atom stereocenters. The highest BCUT2D eigenvalue weighted by molar-refractivity contribution is 5.95.